The molecule has 3 unspecified atom stereocenters. The highest BCUT2D eigenvalue weighted by Crippen LogP contribution is 2.38. The normalized spacial score (nSPS) is 19.8. The predicted octanol–water partition coefficient (Wildman–Crippen LogP) is 8.60. The first-order valence-corrected chi connectivity index (χ1v) is 12.6. The summed E-state index contributed by atoms with van der Waals surface area (Å²) >= 11 is 0. The molecule has 2 N–H and O–H groups in total. The molecule has 0 heterocycles. The second-order valence-electron chi connectivity index (χ2n) is 9.45. The third kappa shape index (κ3) is 5.68. The molecule has 2 heteroatoms. The molecule has 0 amide bonds. The van der Waals surface area contributed by atoms with Crippen molar-refractivity contribution < 1.29 is 0 Å². The van der Waals surface area contributed by atoms with Crippen LogP contribution in [0, 0.1) is 17.8 Å². The van der Waals surface area contributed by atoms with E-state index in [1.807, 2.05) is 0 Å². The monoisotopic (exact) mass is 438 g/mol. The summed E-state index contributed by atoms with van der Waals surface area (Å²) in [4.78, 5) is 0. The van der Waals surface area contributed by atoms with Crippen molar-refractivity contribution in [1.82, 2.24) is 0 Å². The zero-order chi connectivity index (χ0) is 23.0. The van der Waals surface area contributed by atoms with Crippen LogP contribution >= 0.6 is 0 Å². The number of benzene rings is 4. The number of hydrogen-bond acceptors (Lipinski definition) is 2. The van der Waals surface area contributed by atoms with Gasteiger partial charge in [0.2, 0.25) is 0 Å². The van der Waals surface area contributed by atoms with Crippen LogP contribution in [0.4, 0.5) is 11.4 Å². The Morgan fingerprint density at radius 2 is 1.21 bits per heavy atom. The number of rotatable bonds is 6. The summed E-state index contributed by atoms with van der Waals surface area (Å²) in [5.41, 5.74) is 2.51. The molecule has 0 saturated heterocycles. The summed E-state index contributed by atoms with van der Waals surface area (Å²) in [5, 5.41) is 12.3. The molecule has 5 rings (SSSR count). The van der Waals surface area contributed by atoms with E-state index in [4.69, 9.17) is 0 Å². The van der Waals surface area contributed by atoms with Crippen molar-refractivity contribution in [2.45, 2.75) is 40.0 Å². The van der Waals surface area contributed by atoms with E-state index in [2.05, 4.69) is 116 Å². The molecular formula is C31H38N2. The minimum atomic E-state index is 0.832. The second kappa shape index (κ2) is 11.2. The Balaban J connectivity index is 0.000000172. The fourth-order valence-corrected chi connectivity index (χ4v) is 5.28. The summed E-state index contributed by atoms with van der Waals surface area (Å²) in [6.07, 6.45) is 4.16. The number of anilines is 2. The predicted molar refractivity (Wildman–Crippen MR) is 146 cm³/mol. The van der Waals surface area contributed by atoms with Crippen molar-refractivity contribution in [3.05, 3.63) is 84.9 Å². The van der Waals surface area contributed by atoms with E-state index in [9.17, 15) is 0 Å². The van der Waals surface area contributed by atoms with Crippen molar-refractivity contribution in [3.8, 4) is 0 Å². The van der Waals surface area contributed by atoms with E-state index < -0.39 is 0 Å². The highest BCUT2D eigenvalue weighted by atomic mass is 14.9. The Labute approximate surface area is 199 Å². The van der Waals surface area contributed by atoms with Crippen molar-refractivity contribution >= 4 is 32.9 Å². The van der Waals surface area contributed by atoms with E-state index in [0.29, 0.717) is 0 Å². The van der Waals surface area contributed by atoms with E-state index in [1.165, 1.54) is 52.2 Å². The van der Waals surface area contributed by atoms with Crippen molar-refractivity contribution in [2.75, 3.05) is 23.7 Å². The molecule has 33 heavy (non-hydrogen) atoms. The van der Waals surface area contributed by atoms with Gasteiger partial charge in [0, 0.05) is 35.2 Å². The Hall–Kier alpha value is -3.00. The molecule has 172 valence electrons. The van der Waals surface area contributed by atoms with Crippen LogP contribution in [0.3, 0.4) is 0 Å². The average Bonchev–Trinajstić information content (AvgIpc) is 3.23. The van der Waals surface area contributed by atoms with Gasteiger partial charge in [-0.2, -0.15) is 0 Å². The van der Waals surface area contributed by atoms with Crippen LogP contribution in [0.2, 0.25) is 0 Å². The Morgan fingerprint density at radius 1 is 0.667 bits per heavy atom. The lowest BCUT2D eigenvalue weighted by molar-refractivity contribution is 0.439. The van der Waals surface area contributed by atoms with Gasteiger partial charge in [-0.15, -0.1) is 0 Å². The topological polar surface area (TPSA) is 24.1 Å². The lowest BCUT2D eigenvalue weighted by Gasteiger charge is -2.18. The van der Waals surface area contributed by atoms with E-state index in [-0.39, 0.29) is 0 Å². The van der Waals surface area contributed by atoms with E-state index in [1.54, 1.807) is 0 Å². The van der Waals surface area contributed by atoms with E-state index >= 15 is 0 Å². The Bertz CT molecular complexity index is 1160. The molecule has 2 nitrogen and oxygen atoms in total. The first kappa shape index (κ1) is 23.2. The van der Waals surface area contributed by atoms with Crippen LogP contribution in [0.15, 0.2) is 84.9 Å². The van der Waals surface area contributed by atoms with Crippen LogP contribution in [0.25, 0.3) is 21.5 Å². The first-order chi connectivity index (χ1) is 16.2. The second-order valence-corrected chi connectivity index (χ2v) is 9.45. The minimum Gasteiger partial charge on any atom is -0.385 e. The van der Waals surface area contributed by atoms with Gasteiger partial charge in [-0.25, -0.2) is 0 Å². The van der Waals surface area contributed by atoms with Crippen molar-refractivity contribution in [2.24, 2.45) is 17.8 Å². The quantitative estimate of drug-likeness (QED) is 0.315. The molecule has 1 aliphatic carbocycles. The molecule has 0 aliphatic heterocycles. The largest absolute Gasteiger partial charge is 0.385 e. The first-order valence-electron chi connectivity index (χ1n) is 12.6. The van der Waals surface area contributed by atoms with Gasteiger partial charge in [0.05, 0.1) is 0 Å². The van der Waals surface area contributed by atoms with Gasteiger partial charge in [-0.3, -0.25) is 0 Å². The summed E-state index contributed by atoms with van der Waals surface area (Å²) in [6.45, 7) is 8.95. The summed E-state index contributed by atoms with van der Waals surface area (Å²) in [7, 11) is 0. The zero-order valence-corrected chi connectivity index (χ0v) is 20.4. The maximum absolute atomic E-state index is 3.70. The highest BCUT2D eigenvalue weighted by Gasteiger charge is 2.29. The van der Waals surface area contributed by atoms with Gasteiger partial charge in [-0.05, 0) is 60.4 Å². The smallest absolute Gasteiger partial charge is 0.0419 e. The number of fused-ring (bicyclic) bond motifs is 2. The van der Waals surface area contributed by atoms with Crippen molar-refractivity contribution in [3.63, 3.8) is 0 Å². The van der Waals surface area contributed by atoms with Gasteiger partial charge < -0.3 is 10.6 Å². The summed E-state index contributed by atoms with van der Waals surface area (Å²) in [5.74, 6) is 2.64. The van der Waals surface area contributed by atoms with Crippen LogP contribution in [0.5, 0.6) is 0 Å². The van der Waals surface area contributed by atoms with Gasteiger partial charge in [-0.1, -0.05) is 93.1 Å². The number of hydrogen-bond donors (Lipinski definition) is 2. The Morgan fingerprint density at radius 3 is 1.76 bits per heavy atom. The fourth-order valence-electron chi connectivity index (χ4n) is 5.28. The van der Waals surface area contributed by atoms with Crippen LogP contribution in [-0.4, -0.2) is 13.1 Å². The van der Waals surface area contributed by atoms with Gasteiger partial charge in [0.1, 0.15) is 0 Å². The van der Waals surface area contributed by atoms with Gasteiger partial charge in [0.25, 0.3) is 0 Å². The molecule has 1 fully saturated rings. The molecule has 0 spiro atoms. The van der Waals surface area contributed by atoms with Crippen LogP contribution in [-0.2, 0) is 0 Å². The molecule has 4 aromatic rings. The molecule has 0 radical (unpaired) electrons. The van der Waals surface area contributed by atoms with Crippen LogP contribution < -0.4 is 10.6 Å². The third-order valence-electron chi connectivity index (χ3n) is 7.22. The highest BCUT2D eigenvalue weighted by molar-refractivity contribution is 5.94. The zero-order valence-electron chi connectivity index (χ0n) is 20.4. The molecular weight excluding hydrogens is 400 g/mol. The lowest BCUT2D eigenvalue weighted by Crippen LogP contribution is -2.16. The maximum atomic E-state index is 3.70. The fraction of sp³-hybridized carbons (Fsp3) is 0.355. The summed E-state index contributed by atoms with van der Waals surface area (Å²) < 4.78 is 0. The van der Waals surface area contributed by atoms with Crippen molar-refractivity contribution in [1.29, 1.82) is 0 Å². The van der Waals surface area contributed by atoms with Gasteiger partial charge in [0.15, 0.2) is 0 Å². The summed E-state index contributed by atoms with van der Waals surface area (Å²) in [6, 6.07) is 29.9. The SMILES string of the molecule is CCC1CC(C)C(CNc2cccc3ccccc23)C1.CCNc1cccc2ccccc12. The average molecular weight is 439 g/mol. The van der Waals surface area contributed by atoms with Gasteiger partial charge >= 0.3 is 0 Å². The molecule has 3 atom stereocenters. The third-order valence-corrected chi connectivity index (χ3v) is 7.22. The lowest BCUT2D eigenvalue weighted by atomic mass is 9.98. The molecule has 1 saturated carbocycles. The van der Waals surface area contributed by atoms with E-state index in [0.717, 1.165) is 30.8 Å². The Kier molecular flexibility index (Phi) is 7.88. The maximum Gasteiger partial charge on any atom is 0.0419 e. The minimum absolute atomic E-state index is 0.832. The molecule has 1 aliphatic rings. The number of nitrogens with one attached hydrogen (secondary N) is 2. The molecule has 0 bridgehead atoms. The molecule has 0 aromatic heterocycles. The standard InChI is InChI=1S/C19H25N.C12H13N/c1-3-15-11-14(2)17(12-15)13-20-19-10-6-8-16-7-4-5-9-18(16)19;1-2-13-12-9-5-7-10-6-3-4-8-11(10)12/h4-10,14-15,17,20H,3,11-13H2,1-2H3;3-9,13H,2H2,1H3. The van der Waals surface area contributed by atoms with Crippen LogP contribution in [0.1, 0.15) is 40.0 Å². The molecule has 4 aromatic carbocycles.